The number of nitrogens with one attached hydrogen (secondary N) is 1. The minimum absolute atomic E-state index is 0.111. The second-order valence-electron chi connectivity index (χ2n) is 4.97. The Morgan fingerprint density at radius 1 is 1.54 bits per heavy atom. The molecule has 0 aliphatic carbocycles. The number of aromatic amines is 1. The van der Waals surface area contributed by atoms with Gasteiger partial charge in [-0.25, -0.2) is 9.59 Å². The van der Waals surface area contributed by atoms with E-state index in [-0.39, 0.29) is 25.2 Å². The summed E-state index contributed by atoms with van der Waals surface area (Å²) < 4.78 is 16.2. The van der Waals surface area contributed by atoms with Crippen LogP contribution in [0.2, 0.25) is 0 Å². The summed E-state index contributed by atoms with van der Waals surface area (Å²) in [4.78, 5) is 38.4. The quantitative estimate of drug-likeness (QED) is 0.693. The van der Waals surface area contributed by atoms with Gasteiger partial charge < -0.3 is 19.3 Å². The molecule has 1 aromatic rings. The number of halogens is 1. The van der Waals surface area contributed by atoms with Crippen molar-refractivity contribution in [3.63, 3.8) is 0 Å². The molecule has 24 heavy (non-hydrogen) atoms. The van der Waals surface area contributed by atoms with Gasteiger partial charge in [0.15, 0.2) is 0 Å². The van der Waals surface area contributed by atoms with Crippen LogP contribution in [-0.4, -0.2) is 46.2 Å². The second kappa shape index (κ2) is 8.27. The van der Waals surface area contributed by atoms with E-state index in [9.17, 15) is 19.5 Å². The summed E-state index contributed by atoms with van der Waals surface area (Å²) in [5, 5.41) is 10.0. The first-order chi connectivity index (χ1) is 11.5. The fraction of sp³-hybridized carbons (Fsp3) is 0.500. The first-order valence-corrected chi connectivity index (χ1v) is 8.13. The lowest BCUT2D eigenvalue weighted by molar-refractivity contribution is -0.0583. The molecule has 2 rings (SSSR count). The molecule has 0 aromatic carbocycles. The molecule has 2 N–H and O–H groups in total. The van der Waals surface area contributed by atoms with Crippen molar-refractivity contribution in [2.24, 2.45) is 0 Å². The molecule has 132 valence electrons. The van der Waals surface area contributed by atoms with Crippen molar-refractivity contribution >= 4 is 28.2 Å². The molecular weight excluding hydrogens is 388 g/mol. The molecule has 10 heteroatoms. The maximum Gasteiger partial charge on any atom is 0.508 e. The lowest BCUT2D eigenvalue weighted by Crippen LogP contribution is -2.33. The molecule has 1 saturated heterocycles. The Morgan fingerprint density at radius 3 is 2.96 bits per heavy atom. The van der Waals surface area contributed by atoms with Gasteiger partial charge in [0.1, 0.15) is 18.9 Å². The van der Waals surface area contributed by atoms with Crippen LogP contribution >= 0.6 is 15.9 Å². The largest absolute Gasteiger partial charge is 0.508 e. The summed E-state index contributed by atoms with van der Waals surface area (Å²) in [6.07, 6.45) is -0.454. The second-order valence-corrected chi connectivity index (χ2v) is 5.50. The fourth-order valence-electron chi connectivity index (χ4n) is 2.25. The topological polar surface area (TPSA) is 120 Å². The third-order valence-corrected chi connectivity index (χ3v) is 3.64. The molecule has 1 aliphatic rings. The molecule has 9 nitrogen and oxygen atoms in total. The molecule has 1 fully saturated rings. The van der Waals surface area contributed by atoms with Gasteiger partial charge in [-0.3, -0.25) is 14.3 Å². The monoisotopic (exact) mass is 404 g/mol. The molecule has 3 atom stereocenters. The maximum atomic E-state index is 12.0. The lowest BCUT2D eigenvalue weighted by atomic mass is 10.2. The van der Waals surface area contributed by atoms with Crippen LogP contribution in [0.15, 0.2) is 20.8 Å². The summed E-state index contributed by atoms with van der Waals surface area (Å²) >= 11 is 3.06. The Balaban J connectivity index is 2.11. The molecule has 0 amide bonds. The zero-order chi connectivity index (χ0) is 17.7. The van der Waals surface area contributed by atoms with Crippen molar-refractivity contribution in [1.82, 2.24) is 9.55 Å². The number of nitrogens with zero attached hydrogens (tertiary/aromatic N) is 1. The van der Waals surface area contributed by atoms with E-state index in [4.69, 9.17) is 9.47 Å². The van der Waals surface area contributed by atoms with Crippen LogP contribution in [0.5, 0.6) is 0 Å². The third-order valence-electron chi connectivity index (χ3n) is 3.38. The molecule has 0 radical (unpaired) electrons. The summed E-state index contributed by atoms with van der Waals surface area (Å²) in [5.74, 6) is 0. The van der Waals surface area contributed by atoms with Gasteiger partial charge in [-0.2, -0.15) is 0 Å². The normalized spacial score (nSPS) is 23.5. The van der Waals surface area contributed by atoms with Gasteiger partial charge >= 0.3 is 11.8 Å². The van der Waals surface area contributed by atoms with Gasteiger partial charge in [0.25, 0.3) is 5.56 Å². The summed E-state index contributed by atoms with van der Waals surface area (Å²) in [6.45, 7) is 1.61. The number of rotatable bonds is 5. The maximum absolute atomic E-state index is 12.0. The number of aromatic nitrogens is 2. The zero-order valence-corrected chi connectivity index (χ0v) is 14.4. The summed E-state index contributed by atoms with van der Waals surface area (Å²) in [6, 6.07) is 0. The lowest BCUT2D eigenvalue weighted by Gasteiger charge is -2.16. The molecule has 0 spiro atoms. The Kier molecular flexibility index (Phi) is 6.35. The first-order valence-electron chi connectivity index (χ1n) is 7.21. The number of aliphatic hydroxyl groups excluding tert-OH is 1. The minimum Gasteiger partial charge on any atom is -0.435 e. The molecule has 1 aromatic heterocycles. The highest BCUT2D eigenvalue weighted by Crippen LogP contribution is 2.27. The van der Waals surface area contributed by atoms with Gasteiger partial charge in [-0.1, -0.05) is 15.9 Å². The van der Waals surface area contributed by atoms with E-state index < -0.39 is 35.8 Å². The van der Waals surface area contributed by atoms with Crippen LogP contribution < -0.4 is 11.2 Å². The molecule has 1 aliphatic heterocycles. The SMILES string of the molecule is CCOC(=O)OC[C@H]1O[C@@H](n2cc(/C=C/Br)c(=O)[nH]c2=O)C[C@@H]1O. The number of aliphatic hydroxyl groups is 1. The van der Waals surface area contributed by atoms with Crippen LogP contribution in [0, 0.1) is 0 Å². The Labute approximate surface area is 145 Å². The van der Waals surface area contributed by atoms with E-state index >= 15 is 0 Å². The highest BCUT2D eigenvalue weighted by Gasteiger charge is 2.36. The number of hydrogen-bond acceptors (Lipinski definition) is 7. The van der Waals surface area contributed by atoms with Crippen LogP contribution in [-0.2, 0) is 14.2 Å². The van der Waals surface area contributed by atoms with Crippen molar-refractivity contribution in [3.05, 3.63) is 37.6 Å². The predicted octanol–water partition coefficient (Wildman–Crippen LogP) is 0.724. The summed E-state index contributed by atoms with van der Waals surface area (Å²) in [5.41, 5.74) is -0.945. The highest BCUT2D eigenvalue weighted by molar-refractivity contribution is 9.11. The Morgan fingerprint density at radius 2 is 2.29 bits per heavy atom. The highest BCUT2D eigenvalue weighted by atomic mass is 79.9. The van der Waals surface area contributed by atoms with E-state index in [2.05, 4.69) is 25.7 Å². The van der Waals surface area contributed by atoms with Gasteiger partial charge in [0.05, 0.1) is 18.3 Å². The van der Waals surface area contributed by atoms with E-state index in [1.807, 2.05) is 0 Å². The fourth-order valence-corrected chi connectivity index (χ4v) is 2.53. The number of ether oxygens (including phenoxy) is 3. The molecule has 0 bridgehead atoms. The average molecular weight is 405 g/mol. The minimum atomic E-state index is -0.932. The van der Waals surface area contributed by atoms with Gasteiger partial charge in [0, 0.05) is 12.6 Å². The van der Waals surface area contributed by atoms with E-state index in [1.165, 1.54) is 21.8 Å². The standard InChI is InChI=1S/C14H17BrN2O7/c1-2-22-14(21)23-7-10-9(18)5-11(24-10)17-6-8(3-4-15)12(19)16-13(17)20/h3-4,6,9-11,18H,2,5,7H2,1H3,(H,16,19,20)/b4-3+/t9-,10+,11+/m0/s1. The van der Waals surface area contributed by atoms with Crippen molar-refractivity contribution < 1.29 is 24.1 Å². The van der Waals surface area contributed by atoms with E-state index in [0.29, 0.717) is 0 Å². The predicted molar refractivity (Wildman–Crippen MR) is 86.8 cm³/mol. The Hall–Kier alpha value is -1.91. The van der Waals surface area contributed by atoms with Crippen molar-refractivity contribution in [2.45, 2.75) is 31.8 Å². The number of carbonyl (C=O) groups is 1. The molecule has 0 unspecified atom stereocenters. The number of hydrogen-bond donors (Lipinski definition) is 2. The number of carbonyl (C=O) groups excluding carboxylic acids is 1. The van der Waals surface area contributed by atoms with E-state index in [1.54, 1.807) is 6.92 Å². The van der Waals surface area contributed by atoms with E-state index in [0.717, 1.165) is 0 Å². The first kappa shape index (κ1) is 18.4. The third kappa shape index (κ3) is 4.34. The van der Waals surface area contributed by atoms with Gasteiger partial charge in [-0.15, -0.1) is 0 Å². The smallest absolute Gasteiger partial charge is 0.435 e. The molecular formula is C14H17BrN2O7. The van der Waals surface area contributed by atoms with Crippen LogP contribution in [0.1, 0.15) is 25.1 Å². The van der Waals surface area contributed by atoms with Crippen molar-refractivity contribution in [2.75, 3.05) is 13.2 Å². The van der Waals surface area contributed by atoms with Crippen LogP contribution in [0.3, 0.4) is 0 Å². The number of H-pyrrole nitrogens is 1. The van der Waals surface area contributed by atoms with Gasteiger partial charge in [0.2, 0.25) is 0 Å². The van der Waals surface area contributed by atoms with Crippen molar-refractivity contribution in [3.8, 4) is 0 Å². The van der Waals surface area contributed by atoms with Crippen LogP contribution in [0.4, 0.5) is 4.79 Å². The molecule has 2 heterocycles. The summed E-state index contributed by atoms with van der Waals surface area (Å²) in [7, 11) is 0. The Bertz CT molecular complexity index is 727. The van der Waals surface area contributed by atoms with Crippen LogP contribution in [0.25, 0.3) is 6.08 Å². The molecule has 0 saturated carbocycles. The average Bonchev–Trinajstić information content (AvgIpc) is 2.89. The zero-order valence-electron chi connectivity index (χ0n) is 12.8. The van der Waals surface area contributed by atoms with Gasteiger partial charge in [-0.05, 0) is 18.0 Å². The van der Waals surface area contributed by atoms with Crippen molar-refractivity contribution in [1.29, 1.82) is 0 Å².